The summed E-state index contributed by atoms with van der Waals surface area (Å²) < 4.78 is 42.3. The third-order valence-electron chi connectivity index (χ3n) is 2.68. The van der Waals surface area contributed by atoms with E-state index in [0.29, 0.717) is 16.0 Å². The molecule has 2 aromatic heterocycles. The van der Waals surface area contributed by atoms with Crippen molar-refractivity contribution in [1.29, 1.82) is 0 Å². The summed E-state index contributed by atoms with van der Waals surface area (Å²) in [5, 5.41) is 1.87. The first-order chi connectivity index (χ1) is 11.2. The second kappa shape index (κ2) is 7.80. The van der Waals surface area contributed by atoms with Crippen LogP contribution in [0.4, 0.5) is 13.2 Å². The van der Waals surface area contributed by atoms with Crippen LogP contribution in [0, 0.1) is 0 Å². The molecule has 0 bridgehead atoms. The Kier molecular flexibility index (Phi) is 6.00. The molecule has 0 spiro atoms. The zero-order chi connectivity index (χ0) is 17.7. The lowest BCUT2D eigenvalue weighted by molar-refractivity contribution is -0.123. The van der Waals surface area contributed by atoms with Gasteiger partial charge in [-0.1, -0.05) is 17.7 Å². The van der Waals surface area contributed by atoms with Gasteiger partial charge in [-0.15, -0.1) is 0 Å². The van der Waals surface area contributed by atoms with Crippen molar-refractivity contribution in [3.8, 4) is 5.88 Å². The summed E-state index contributed by atoms with van der Waals surface area (Å²) >= 11 is 9.21. The minimum Gasteiger partial charge on any atom is -0.473 e. The lowest BCUT2D eigenvalue weighted by atomic mass is 10.2. The van der Waals surface area contributed by atoms with Gasteiger partial charge in [0.2, 0.25) is 5.88 Å². The number of alkyl halides is 3. The number of rotatable bonds is 5. The molecule has 0 atom stereocenters. The van der Waals surface area contributed by atoms with Gasteiger partial charge in [0, 0.05) is 17.8 Å². The van der Waals surface area contributed by atoms with E-state index in [-0.39, 0.29) is 17.3 Å². The third-order valence-corrected chi connectivity index (χ3v) is 3.47. The largest absolute Gasteiger partial charge is 0.473 e. The fourth-order valence-electron chi connectivity index (χ4n) is 1.58. The average Bonchev–Trinajstić information content (AvgIpc) is 2.50. The molecule has 2 aromatic rings. The van der Waals surface area contributed by atoms with E-state index in [1.54, 1.807) is 23.5 Å². The Morgan fingerprint density at radius 2 is 2.12 bits per heavy atom. The summed E-state index contributed by atoms with van der Waals surface area (Å²) in [5.41, 5.74) is 0.249. The Hall–Kier alpha value is -1.87. The Morgan fingerprint density at radius 3 is 2.75 bits per heavy atom. The Morgan fingerprint density at radius 1 is 1.38 bits per heavy atom. The van der Waals surface area contributed by atoms with Gasteiger partial charge in [0.05, 0.1) is 5.02 Å². The number of halogens is 5. The van der Waals surface area contributed by atoms with E-state index in [1.165, 1.54) is 12.3 Å². The van der Waals surface area contributed by atoms with Gasteiger partial charge in [-0.05, 0) is 28.1 Å². The van der Waals surface area contributed by atoms with Crippen molar-refractivity contribution in [2.75, 3.05) is 6.54 Å². The summed E-state index contributed by atoms with van der Waals surface area (Å²) in [4.78, 5) is 19.5. The molecule has 0 fully saturated rings. The SMILES string of the molecule is O=C(NCC(F)(F)F)c1cc(Cl)c(COc2cccc(Br)n2)cn1. The molecule has 2 heterocycles. The van der Waals surface area contributed by atoms with Crippen LogP contribution >= 0.6 is 27.5 Å². The van der Waals surface area contributed by atoms with Crippen LogP contribution in [0.25, 0.3) is 0 Å². The first-order valence-electron chi connectivity index (χ1n) is 6.49. The fraction of sp³-hybridized carbons (Fsp3) is 0.214. The van der Waals surface area contributed by atoms with E-state index >= 15 is 0 Å². The van der Waals surface area contributed by atoms with Crippen molar-refractivity contribution >= 4 is 33.4 Å². The summed E-state index contributed by atoms with van der Waals surface area (Å²) in [7, 11) is 0. The number of hydrogen-bond acceptors (Lipinski definition) is 4. The zero-order valence-corrected chi connectivity index (χ0v) is 14.2. The number of amides is 1. The zero-order valence-electron chi connectivity index (χ0n) is 11.9. The van der Waals surface area contributed by atoms with Gasteiger partial charge in [0.25, 0.3) is 5.91 Å². The smallest absolute Gasteiger partial charge is 0.405 e. The van der Waals surface area contributed by atoms with Gasteiger partial charge < -0.3 is 10.1 Å². The van der Waals surface area contributed by atoms with Crippen LogP contribution in [0.1, 0.15) is 16.1 Å². The number of carbonyl (C=O) groups excluding carboxylic acids is 1. The van der Waals surface area contributed by atoms with E-state index in [4.69, 9.17) is 16.3 Å². The van der Waals surface area contributed by atoms with Crippen LogP contribution in [0.2, 0.25) is 5.02 Å². The Labute approximate surface area is 148 Å². The molecule has 5 nitrogen and oxygen atoms in total. The normalized spacial score (nSPS) is 11.2. The quantitative estimate of drug-likeness (QED) is 0.742. The summed E-state index contributed by atoms with van der Waals surface area (Å²) in [6.45, 7) is -1.40. The van der Waals surface area contributed by atoms with Crippen LogP contribution in [0.15, 0.2) is 35.1 Å². The molecule has 10 heteroatoms. The molecule has 0 aromatic carbocycles. The lowest BCUT2D eigenvalue weighted by Gasteiger charge is -2.10. The van der Waals surface area contributed by atoms with Crippen LogP contribution in [-0.4, -0.2) is 28.6 Å². The lowest BCUT2D eigenvalue weighted by Crippen LogP contribution is -2.34. The number of carbonyl (C=O) groups is 1. The summed E-state index contributed by atoms with van der Waals surface area (Å²) in [6, 6.07) is 6.29. The molecule has 0 aliphatic carbocycles. The standard InChI is InChI=1S/C14H10BrClF3N3O2/c15-11-2-1-3-12(22-11)24-6-8-5-20-10(4-9(8)16)13(23)21-7-14(17,18)19/h1-5H,6-7H2,(H,21,23). The minimum absolute atomic E-state index is 0.0414. The molecule has 0 radical (unpaired) electrons. The van der Waals surface area contributed by atoms with Gasteiger partial charge in [-0.3, -0.25) is 9.78 Å². The predicted molar refractivity (Wildman–Crippen MR) is 83.9 cm³/mol. The average molecular weight is 425 g/mol. The second-order valence-corrected chi connectivity index (χ2v) is 5.77. The van der Waals surface area contributed by atoms with Crippen LogP contribution in [0.5, 0.6) is 5.88 Å². The monoisotopic (exact) mass is 423 g/mol. The summed E-state index contributed by atoms with van der Waals surface area (Å²) in [5.74, 6) is -0.609. The van der Waals surface area contributed by atoms with Gasteiger partial charge in [-0.25, -0.2) is 4.98 Å². The van der Waals surface area contributed by atoms with E-state index in [9.17, 15) is 18.0 Å². The second-order valence-electron chi connectivity index (χ2n) is 4.55. The van der Waals surface area contributed by atoms with Crippen molar-refractivity contribution in [2.24, 2.45) is 0 Å². The fourth-order valence-corrected chi connectivity index (χ4v) is 2.12. The van der Waals surface area contributed by atoms with Crippen molar-refractivity contribution in [1.82, 2.24) is 15.3 Å². The highest BCUT2D eigenvalue weighted by molar-refractivity contribution is 9.10. The van der Waals surface area contributed by atoms with Gasteiger partial charge in [0.1, 0.15) is 23.4 Å². The maximum absolute atomic E-state index is 12.1. The number of pyridine rings is 2. The van der Waals surface area contributed by atoms with Gasteiger partial charge in [0.15, 0.2) is 0 Å². The first kappa shape index (κ1) is 18.5. The van der Waals surface area contributed by atoms with E-state index < -0.39 is 18.6 Å². The number of nitrogens with one attached hydrogen (secondary N) is 1. The molecule has 0 saturated carbocycles. The van der Waals surface area contributed by atoms with Crippen LogP contribution < -0.4 is 10.1 Å². The van der Waals surface area contributed by atoms with Gasteiger partial charge >= 0.3 is 6.18 Å². The maximum Gasteiger partial charge on any atom is 0.405 e. The maximum atomic E-state index is 12.1. The topological polar surface area (TPSA) is 64.1 Å². The number of hydrogen-bond donors (Lipinski definition) is 1. The highest BCUT2D eigenvalue weighted by Gasteiger charge is 2.28. The molecule has 0 saturated heterocycles. The molecule has 1 N–H and O–H groups in total. The van der Waals surface area contributed by atoms with Gasteiger partial charge in [-0.2, -0.15) is 13.2 Å². The number of nitrogens with zero attached hydrogens (tertiary/aromatic N) is 2. The summed E-state index contributed by atoms with van der Waals surface area (Å²) in [6.07, 6.45) is -3.23. The van der Waals surface area contributed by atoms with Crippen molar-refractivity contribution in [2.45, 2.75) is 12.8 Å². The molecule has 2 rings (SSSR count). The van der Waals surface area contributed by atoms with Crippen LogP contribution in [-0.2, 0) is 6.61 Å². The number of aromatic nitrogens is 2. The Bertz CT molecular complexity index is 743. The molecular formula is C14H10BrClF3N3O2. The van der Waals surface area contributed by atoms with E-state index in [1.807, 2.05) is 0 Å². The minimum atomic E-state index is -4.50. The molecule has 1 amide bonds. The van der Waals surface area contributed by atoms with Crippen molar-refractivity contribution < 1.29 is 22.7 Å². The molecular weight excluding hydrogens is 415 g/mol. The van der Waals surface area contributed by atoms with E-state index in [0.717, 1.165) is 0 Å². The van der Waals surface area contributed by atoms with Crippen molar-refractivity contribution in [3.05, 3.63) is 51.3 Å². The molecule has 0 aliphatic heterocycles. The molecule has 0 unspecified atom stereocenters. The van der Waals surface area contributed by atoms with Crippen molar-refractivity contribution in [3.63, 3.8) is 0 Å². The highest BCUT2D eigenvalue weighted by Crippen LogP contribution is 2.19. The Balaban J connectivity index is 2.00. The predicted octanol–water partition coefficient (Wildman–Crippen LogP) is 3.76. The van der Waals surface area contributed by atoms with E-state index in [2.05, 4.69) is 25.9 Å². The molecule has 0 aliphatic rings. The highest BCUT2D eigenvalue weighted by atomic mass is 79.9. The molecule has 24 heavy (non-hydrogen) atoms. The molecule has 128 valence electrons. The first-order valence-corrected chi connectivity index (χ1v) is 7.66. The number of ether oxygens (including phenoxy) is 1. The van der Waals surface area contributed by atoms with Crippen LogP contribution in [0.3, 0.4) is 0 Å². The third kappa shape index (κ3) is 5.64.